The van der Waals surface area contributed by atoms with E-state index in [0.29, 0.717) is 17.2 Å². The number of thiocarbonyl (C=S) groups is 1. The van der Waals surface area contributed by atoms with Gasteiger partial charge in [0.2, 0.25) is 0 Å². The third kappa shape index (κ3) is 5.46. The molecule has 5 nitrogen and oxygen atoms in total. The Labute approximate surface area is 159 Å². The highest BCUT2D eigenvalue weighted by molar-refractivity contribution is 7.80. The first-order chi connectivity index (χ1) is 12.4. The minimum Gasteiger partial charge on any atom is -0.491 e. The van der Waals surface area contributed by atoms with E-state index in [1.54, 1.807) is 12.1 Å². The summed E-state index contributed by atoms with van der Waals surface area (Å²) in [6.45, 7) is 6.43. The molecule has 138 valence electrons. The highest BCUT2D eigenvalue weighted by Crippen LogP contribution is 2.20. The maximum atomic E-state index is 11.8. The van der Waals surface area contributed by atoms with Gasteiger partial charge < -0.3 is 20.1 Å². The molecule has 0 bridgehead atoms. The number of hydrogen-bond acceptors (Lipinski definition) is 4. The molecule has 0 aliphatic heterocycles. The van der Waals surface area contributed by atoms with E-state index < -0.39 is 0 Å². The Hall–Kier alpha value is -2.60. The first-order valence-corrected chi connectivity index (χ1v) is 8.80. The van der Waals surface area contributed by atoms with E-state index in [4.69, 9.17) is 21.7 Å². The van der Waals surface area contributed by atoms with E-state index in [2.05, 4.69) is 10.6 Å². The molecule has 2 N–H and O–H groups in total. The van der Waals surface area contributed by atoms with Gasteiger partial charge >= 0.3 is 5.97 Å². The van der Waals surface area contributed by atoms with Gasteiger partial charge in [0.05, 0.1) is 18.8 Å². The van der Waals surface area contributed by atoms with Gasteiger partial charge in [0.25, 0.3) is 0 Å². The van der Waals surface area contributed by atoms with Crippen LogP contribution in [0, 0.1) is 6.92 Å². The van der Waals surface area contributed by atoms with E-state index in [1.807, 2.05) is 51.1 Å². The van der Waals surface area contributed by atoms with Crippen LogP contribution in [-0.4, -0.2) is 24.3 Å². The number of carbonyl (C=O) groups is 1. The monoisotopic (exact) mass is 372 g/mol. The summed E-state index contributed by atoms with van der Waals surface area (Å²) in [5.41, 5.74) is 3.16. The molecule has 0 heterocycles. The number of ether oxygens (including phenoxy) is 2. The molecule has 0 aliphatic carbocycles. The van der Waals surface area contributed by atoms with Gasteiger partial charge in [-0.05, 0) is 68.4 Å². The zero-order chi connectivity index (χ0) is 19.1. The highest BCUT2D eigenvalue weighted by atomic mass is 32.1. The molecule has 0 spiro atoms. The van der Waals surface area contributed by atoms with Gasteiger partial charge in [-0.2, -0.15) is 0 Å². The predicted molar refractivity (Wildman–Crippen MR) is 108 cm³/mol. The lowest BCUT2D eigenvalue weighted by molar-refractivity contribution is 0.0600. The SMILES string of the molecule is COC(=O)c1cccc(NC(=S)NCc2ccc(OC(C)C)cc2)c1C. The zero-order valence-corrected chi connectivity index (χ0v) is 16.3. The third-order valence-electron chi connectivity index (χ3n) is 3.74. The molecule has 0 fully saturated rings. The van der Waals surface area contributed by atoms with Crippen molar-refractivity contribution in [3.63, 3.8) is 0 Å². The van der Waals surface area contributed by atoms with Crippen molar-refractivity contribution in [1.29, 1.82) is 0 Å². The Morgan fingerprint density at radius 3 is 2.46 bits per heavy atom. The van der Waals surface area contributed by atoms with Crippen LogP contribution in [0.2, 0.25) is 0 Å². The fourth-order valence-electron chi connectivity index (χ4n) is 2.41. The summed E-state index contributed by atoms with van der Waals surface area (Å²) in [7, 11) is 1.37. The summed E-state index contributed by atoms with van der Waals surface area (Å²) in [6, 6.07) is 13.3. The van der Waals surface area contributed by atoms with Crippen LogP contribution in [0.15, 0.2) is 42.5 Å². The quantitative estimate of drug-likeness (QED) is 0.589. The van der Waals surface area contributed by atoms with E-state index in [9.17, 15) is 4.79 Å². The molecule has 0 saturated carbocycles. The first-order valence-electron chi connectivity index (χ1n) is 8.39. The summed E-state index contributed by atoms with van der Waals surface area (Å²) in [4.78, 5) is 11.8. The minimum atomic E-state index is -0.367. The second-order valence-corrected chi connectivity index (χ2v) is 6.50. The van der Waals surface area contributed by atoms with Crippen molar-refractivity contribution >= 4 is 29.0 Å². The number of rotatable bonds is 6. The normalized spacial score (nSPS) is 10.3. The third-order valence-corrected chi connectivity index (χ3v) is 3.98. The van der Waals surface area contributed by atoms with Gasteiger partial charge in [0.15, 0.2) is 5.11 Å². The molecular weight excluding hydrogens is 348 g/mol. The highest BCUT2D eigenvalue weighted by Gasteiger charge is 2.12. The summed E-state index contributed by atoms with van der Waals surface area (Å²) in [5, 5.41) is 6.77. The Bertz CT molecular complexity index is 773. The van der Waals surface area contributed by atoms with Gasteiger partial charge in [0.1, 0.15) is 5.75 Å². The van der Waals surface area contributed by atoms with Crippen molar-refractivity contribution in [3.8, 4) is 5.75 Å². The van der Waals surface area contributed by atoms with E-state index in [1.165, 1.54) is 7.11 Å². The molecule has 0 atom stereocenters. The first kappa shape index (κ1) is 19.7. The molecule has 0 aliphatic rings. The molecule has 0 amide bonds. The number of benzene rings is 2. The zero-order valence-electron chi connectivity index (χ0n) is 15.5. The Morgan fingerprint density at radius 2 is 1.85 bits per heavy atom. The van der Waals surface area contributed by atoms with Gasteiger partial charge in [-0.15, -0.1) is 0 Å². The predicted octanol–water partition coefficient (Wildman–Crippen LogP) is 4.06. The lowest BCUT2D eigenvalue weighted by Gasteiger charge is -2.15. The van der Waals surface area contributed by atoms with E-state index in [0.717, 1.165) is 22.6 Å². The van der Waals surface area contributed by atoms with Crippen LogP contribution in [0.1, 0.15) is 35.3 Å². The molecule has 26 heavy (non-hydrogen) atoms. The maximum Gasteiger partial charge on any atom is 0.338 e. The van der Waals surface area contributed by atoms with Crippen molar-refractivity contribution in [2.24, 2.45) is 0 Å². The summed E-state index contributed by atoms with van der Waals surface area (Å²) in [5.74, 6) is 0.480. The fourth-order valence-corrected chi connectivity index (χ4v) is 2.59. The molecule has 6 heteroatoms. The van der Waals surface area contributed by atoms with Crippen molar-refractivity contribution in [3.05, 3.63) is 59.2 Å². The fraction of sp³-hybridized carbons (Fsp3) is 0.300. The van der Waals surface area contributed by atoms with Crippen LogP contribution < -0.4 is 15.4 Å². The molecule has 2 rings (SSSR count). The van der Waals surface area contributed by atoms with Crippen LogP contribution in [0.3, 0.4) is 0 Å². The summed E-state index contributed by atoms with van der Waals surface area (Å²) in [6.07, 6.45) is 0.153. The second kappa shape index (κ2) is 9.20. The number of nitrogens with one attached hydrogen (secondary N) is 2. The molecule has 2 aromatic rings. The average Bonchev–Trinajstić information content (AvgIpc) is 2.62. The number of esters is 1. The van der Waals surface area contributed by atoms with Gasteiger partial charge in [-0.3, -0.25) is 0 Å². The topological polar surface area (TPSA) is 59.6 Å². The summed E-state index contributed by atoms with van der Waals surface area (Å²) >= 11 is 5.35. The smallest absolute Gasteiger partial charge is 0.338 e. The standard InChI is InChI=1S/C20H24N2O3S/c1-13(2)25-16-10-8-15(9-11-16)12-21-20(26)22-18-7-5-6-17(14(18)3)19(23)24-4/h5-11,13H,12H2,1-4H3,(H2,21,22,26). The lowest BCUT2D eigenvalue weighted by atomic mass is 10.1. The number of carbonyl (C=O) groups excluding carboxylic acids is 1. The van der Waals surface area contributed by atoms with Crippen LogP contribution in [0.5, 0.6) is 5.75 Å². The summed E-state index contributed by atoms with van der Waals surface area (Å²) < 4.78 is 10.4. The van der Waals surface area contributed by atoms with Crippen molar-refractivity contribution in [2.45, 2.75) is 33.4 Å². The Morgan fingerprint density at radius 1 is 1.15 bits per heavy atom. The van der Waals surface area contributed by atoms with Crippen LogP contribution in [0.25, 0.3) is 0 Å². The van der Waals surface area contributed by atoms with Gasteiger partial charge in [0, 0.05) is 12.2 Å². The van der Waals surface area contributed by atoms with Crippen LogP contribution in [0.4, 0.5) is 5.69 Å². The minimum absolute atomic E-state index is 0.153. The van der Waals surface area contributed by atoms with Gasteiger partial charge in [-0.1, -0.05) is 18.2 Å². The number of hydrogen-bond donors (Lipinski definition) is 2. The molecule has 2 aromatic carbocycles. The molecule has 0 unspecified atom stereocenters. The average molecular weight is 372 g/mol. The molecule has 0 radical (unpaired) electrons. The molecule has 0 aromatic heterocycles. The van der Waals surface area contributed by atoms with Crippen LogP contribution in [-0.2, 0) is 11.3 Å². The second-order valence-electron chi connectivity index (χ2n) is 6.09. The van der Waals surface area contributed by atoms with Crippen molar-refractivity contribution in [1.82, 2.24) is 5.32 Å². The van der Waals surface area contributed by atoms with Crippen LogP contribution >= 0.6 is 12.2 Å². The van der Waals surface area contributed by atoms with Gasteiger partial charge in [-0.25, -0.2) is 4.79 Å². The van der Waals surface area contributed by atoms with E-state index >= 15 is 0 Å². The Kier molecular flexibility index (Phi) is 6.97. The number of anilines is 1. The molecule has 0 saturated heterocycles. The largest absolute Gasteiger partial charge is 0.491 e. The maximum absolute atomic E-state index is 11.8. The lowest BCUT2D eigenvalue weighted by Crippen LogP contribution is -2.28. The van der Waals surface area contributed by atoms with Crippen molar-refractivity contribution < 1.29 is 14.3 Å². The van der Waals surface area contributed by atoms with E-state index in [-0.39, 0.29) is 12.1 Å². The molecular formula is C20H24N2O3S. The van der Waals surface area contributed by atoms with Crippen molar-refractivity contribution in [2.75, 3.05) is 12.4 Å². The Balaban J connectivity index is 1.94. The number of methoxy groups -OCH3 is 1.